The van der Waals surface area contributed by atoms with E-state index < -0.39 is 11.6 Å². The lowest BCUT2D eigenvalue weighted by atomic mass is 10.1. The Balaban J connectivity index is 1.68. The number of halogens is 2. The summed E-state index contributed by atoms with van der Waals surface area (Å²) in [4.78, 5) is 4.07. The van der Waals surface area contributed by atoms with Crippen LogP contribution >= 0.6 is 0 Å². The van der Waals surface area contributed by atoms with E-state index in [0.29, 0.717) is 37.6 Å². The third-order valence-electron chi connectivity index (χ3n) is 3.35. The molecule has 0 bridgehead atoms. The van der Waals surface area contributed by atoms with Gasteiger partial charge in [0.2, 0.25) is 0 Å². The number of nitrogens with one attached hydrogen (secondary N) is 2. The van der Waals surface area contributed by atoms with Gasteiger partial charge in [0, 0.05) is 13.6 Å². The minimum Gasteiger partial charge on any atom is -0.492 e. The Kier molecular flexibility index (Phi) is 7.01. The Morgan fingerprint density at radius 1 is 1.00 bits per heavy atom. The van der Waals surface area contributed by atoms with Gasteiger partial charge in [-0.3, -0.25) is 4.99 Å². The molecule has 2 N–H and O–H groups in total. The Bertz CT molecular complexity index is 663. The summed E-state index contributed by atoms with van der Waals surface area (Å²) < 4.78 is 32.3. The first-order valence-corrected chi connectivity index (χ1v) is 7.76. The molecule has 0 heterocycles. The molecule has 0 saturated carbocycles. The van der Waals surface area contributed by atoms with E-state index in [4.69, 9.17) is 4.74 Å². The number of guanidine groups is 1. The van der Waals surface area contributed by atoms with E-state index in [9.17, 15) is 8.78 Å². The number of benzene rings is 2. The molecule has 0 unspecified atom stereocenters. The predicted octanol–water partition coefficient (Wildman–Crippen LogP) is 2.75. The molecule has 0 radical (unpaired) electrons. The van der Waals surface area contributed by atoms with Crippen LogP contribution in [0.1, 0.15) is 5.56 Å². The number of rotatable bonds is 7. The third-order valence-corrected chi connectivity index (χ3v) is 3.35. The monoisotopic (exact) mass is 333 g/mol. The Morgan fingerprint density at radius 3 is 2.50 bits per heavy atom. The van der Waals surface area contributed by atoms with Crippen LogP contribution in [0.25, 0.3) is 0 Å². The molecule has 0 aliphatic heterocycles. The lowest BCUT2D eigenvalue weighted by Crippen LogP contribution is -2.40. The summed E-state index contributed by atoms with van der Waals surface area (Å²) >= 11 is 0. The average molecular weight is 333 g/mol. The maximum absolute atomic E-state index is 13.6. The second-order valence-corrected chi connectivity index (χ2v) is 5.05. The van der Waals surface area contributed by atoms with E-state index in [2.05, 4.69) is 15.6 Å². The highest BCUT2D eigenvalue weighted by atomic mass is 19.2. The molecule has 4 nitrogen and oxygen atoms in total. The van der Waals surface area contributed by atoms with E-state index in [1.807, 2.05) is 30.3 Å². The topological polar surface area (TPSA) is 45.7 Å². The first-order valence-electron chi connectivity index (χ1n) is 7.76. The van der Waals surface area contributed by atoms with Crippen LogP contribution in [0.15, 0.2) is 53.5 Å². The standard InChI is InChI=1S/C18H21F2N3O/c1-21-18(23-12-13-24-15-7-3-2-4-8-15)22-11-10-14-6-5-9-16(19)17(14)20/h2-9H,10-13H2,1H3,(H2,21,22,23). The van der Waals surface area contributed by atoms with Crippen LogP contribution in [0.3, 0.4) is 0 Å². The van der Waals surface area contributed by atoms with Gasteiger partial charge in [0.1, 0.15) is 12.4 Å². The normalized spacial score (nSPS) is 11.2. The number of hydrogen-bond donors (Lipinski definition) is 2. The fourth-order valence-corrected chi connectivity index (χ4v) is 2.13. The number of nitrogens with zero attached hydrogens (tertiary/aromatic N) is 1. The van der Waals surface area contributed by atoms with Gasteiger partial charge in [0.05, 0.1) is 6.54 Å². The fourth-order valence-electron chi connectivity index (χ4n) is 2.13. The predicted molar refractivity (Wildman–Crippen MR) is 91.4 cm³/mol. The zero-order chi connectivity index (χ0) is 17.2. The number of ether oxygens (including phenoxy) is 1. The van der Waals surface area contributed by atoms with Crippen LogP contribution in [0.4, 0.5) is 8.78 Å². The van der Waals surface area contributed by atoms with Gasteiger partial charge in [0.25, 0.3) is 0 Å². The second-order valence-electron chi connectivity index (χ2n) is 5.05. The van der Waals surface area contributed by atoms with Crippen molar-refractivity contribution in [1.82, 2.24) is 10.6 Å². The molecule has 2 aromatic carbocycles. The molecule has 0 fully saturated rings. The van der Waals surface area contributed by atoms with Gasteiger partial charge >= 0.3 is 0 Å². The molecule has 6 heteroatoms. The largest absolute Gasteiger partial charge is 0.492 e. The van der Waals surface area contributed by atoms with Crippen molar-refractivity contribution in [3.05, 3.63) is 65.7 Å². The van der Waals surface area contributed by atoms with Gasteiger partial charge in [0.15, 0.2) is 17.6 Å². The van der Waals surface area contributed by atoms with Gasteiger partial charge in [-0.25, -0.2) is 8.78 Å². The van der Waals surface area contributed by atoms with Crippen molar-refractivity contribution in [1.29, 1.82) is 0 Å². The van der Waals surface area contributed by atoms with Gasteiger partial charge in [-0.15, -0.1) is 0 Å². The maximum Gasteiger partial charge on any atom is 0.191 e. The Hall–Kier alpha value is -2.63. The number of aliphatic imine (C=N–C) groups is 1. The minimum absolute atomic E-state index is 0.338. The molecule has 24 heavy (non-hydrogen) atoms. The fraction of sp³-hybridized carbons (Fsp3) is 0.278. The minimum atomic E-state index is -0.826. The van der Waals surface area contributed by atoms with Crippen molar-refractivity contribution < 1.29 is 13.5 Å². The van der Waals surface area contributed by atoms with E-state index in [0.717, 1.165) is 11.8 Å². The first-order chi connectivity index (χ1) is 11.7. The van der Waals surface area contributed by atoms with Crippen molar-refractivity contribution in [2.75, 3.05) is 26.7 Å². The van der Waals surface area contributed by atoms with Crippen molar-refractivity contribution in [2.45, 2.75) is 6.42 Å². The number of para-hydroxylation sites is 1. The molecule has 0 spiro atoms. The Labute approximate surface area is 140 Å². The van der Waals surface area contributed by atoms with Crippen molar-refractivity contribution in [2.24, 2.45) is 4.99 Å². The lowest BCUT2D eigenvalue weighted by Gasteiger charge is -2.12. The molecule has 0 saturated heterocycles. The van der Waals surface area contributed by atoms with Crippen LogP contribution < -0.4 is 15.4 Å². The maximum atomic E-state index is 13.6. The summed E-state index contributed by atoms with van der Waals surface area (Å²) in [5, 5.41) is 6.16. The molecule has 0 aromatic heterocycles. The molecular formula is C18H21F2N3O. The zero-order valence-electron chi connectivity index (χ0n) is 13.6. The van der Waals surface area contributed by atoms with Gasteiger partial charge in [-0.2, -0.15) is 0 Å². The van der Waals surface area contributed by atoms with Crippen molar-refractivity contribution in [3.63, 3.8) is 0 Å². The lowest BCUT2D eigenvalue weighted by molar-refractivity contribution is 0.322. The molecule has 0 amide bonds. The summed E-state index contributed by atoms with van der Waals surface area (Å²) in [6, 6.07) is 13.7. The average Bonchev–Trinajstić information content (AvgIpc) is 2.61. The van der Waals surface area contributed by atoms with E-state index in [1.54, 1.807) is 13.1 Å². The third kappa shape index (κ3) is 5.53. The summed E-state index contributed by atoms with van der Waals surface area (Å²) in [7, 11) is 1.65. The van der Waals surface area contributed by atoms with Crippen LogP contribution in [0.5, 0.6) is 5.75 Å². The molecular weight excluding hydrogens is 312 g/mol. The van der Waals surface area contributed by atoms with Crippen LogP contribution in [-0.4, -0.2) is 32.7 Å². The van der Waals surface area contributed by atoms with Gasteiger partial charge < -0.3 is 15.4 Å². The van der Waals surface area contributed by atoms with Crippen LogP contribution in [-0.2, 0) is 6.42 Å². The second kappa shape index (κ2) is 9.50. The molecule has 2 aromatic rings. The Morgan fingerprint density at radius 2 is 1.75 bits per heavy atom. The summed E-state index contributed by atoms with van der Waals surface area (Å²) in [6.07, 6.45) is 0.366. The highest BCUT2D eigenvalue weighted by Gasteiger charge is 2.07. The zero-order valence-corrected chi connectivity index (χ0v) is 13.6. The molecule has 0 atom stereocenters. The van der Waals surface area contributed by atoms with Gasteiger partial charge in [-0.1, -0.05) is 30.3 Å². The van der Waals surface area contributed by atoms with Crippen molar-refractivity contribution >= 4 is 5.96 Å². The molecule has 0 aliphatic carbocycles. The summed E-state index contributed by atoms with van der Waals surface area (Å²) in [5.74, 6) is -0.223. The van der Waals surface area contributed by atoms with Crippen LogP contribution in [0.2, 0.25) is 0 Å². The summed E-state index contributed by atoms with van der Waals surface area (Å²) in [6.45, 7) is 1.51. The highest BCUT2D eigenvalue weighted by Crippen LogP contribution is 2.11. The van der Waals surface area contributed by atoms with E-state index >= 15 is 0 Å². The molecule has 128 valence electrons. The molecule has 2 rings (SSSR count). The van der Waals surface area contributed by atoms with Gasteiger partial charge in [-0.05, 0) is 30.2 Å². The van der Waals surface area contributed by atoms with Crippen LogP contribution in [0, 0.1) is 11.6 Å². The quantitative estimate of drug-likeness (QED) is 0.465. The summed E-state index contributed by atoms with van der Waals surface area (Å²) in [5.41, 5.74) is 0.338. The molecule has 0 aliphatic rings. The van der Waals surface area contributed by atoms with E-state index in [-0.39, 0.29) is 0 Å². The smallest absolute Gasteiger partial charge is 0.191 e. The van der Waals surface area contributed by atoms with E-state index in [1.165, 1.54) is 6.07 Å². The van der Waals surface area contributed by atoms with Crippen molar-refractivity contribution in [3.8, 4) is 5.75 Å². The number of hydrogen-bond acceptors (Lipinski definition) is 2. The SMILES string of the molecule is CN=C(NCCOc1ccccc1)NCCc1cccc(F)c1F. The highest BCUT2D eigenvalue weighted by molar-refractivity contribution is 5.79. The first kappa shape index (κ1) is 17.7.